The van der Waals surface area contributed by atoms with E-state index in [0.717, 1.165) is 34.1 Å². The molecule has 0 atom stereocenters. The Morgan fingerprint density at radius 2 is 0.950 bits per heavy atom. The first-order valence-electron chi connectivity index (χ1n) is 14.0. The highest BCUT2D eigenvalue weighted by molar-refractivity contribution is 6.98. The fourth-order valence-electron chi connectivity index (χ4n) is 6.63. The average molecular weight is 519 g/mol. The molecule has 0 fully saturated rings. The maximum atomic E-state index is 6.70. The van der Waals surface area contributed by atoms with Crippen LogP contribution in [0.5, 0.6) is 23.0 Å². The van der Waals surface area contributed by atoms with Crippen molar-refractivity contribution in [3.05, 3.63) is 106 Å². The fraction of sp³-hybridized carbons (Fsp3) is 0.167. The minimum absolute atomic E-state index is 0.0701. The van der Waals surface area contributed by atoms with Crippen LogP contribution < -0.4 is 25.9 Å². The van der Waals surface area contributed by atoms with Crippen molar-refractivity contribution in [1.82, 2.24) is 4.57 Å². The third kappa shape index (κ3) is 3.19. The van der Waals surface area contributed by atoms with Crippen LogP contribution in [0.1, 0.15) is 33.4 Å². The molecule has 0 amide bonds. The number of ether oxygens (including phenoxy) is 2. The van der Waals surface area contributed by atoms with Crippen molar-refractivity contribution in [3.8, 4) is 28.7 Å². The fourth-order valence-corrected chi connectivity index (χ4v) is 6.63. The van der Waals surface area contributed by atoms with E-state index in [1.54, 1.807) is 0 Å². The minimum atomic E-state index is 0.0701. The standard InChI is InChI=1S/C36H30BNO2/c1-19-7-9-28-32(11-19)39-34-17-25(18-35-36(34)37(28)29-10-8-20(2)12-33(29)40-35)38-30-15-23(5)21(3)13-26(30)27-14-22(4)24(6)16-31(27)38/h7-18H,1-6H3. The van der Waals surface area contributed by atoms with Crippen LogP contribution in [0.15, 0.2) is 72.8 Å². The van der Waals surface area contributed by atoms with Crippen LogP contribution in [0, 0.1) is 41.5 Å². The smallest absolute Gasteiger partial charge is 0.260 e. The van der Waals surface area contributed by atoms with Crippen molar-refractivity contribution in [2.24, 2.45) is 0 Å². The Morgan fingerprint density at radius 3 is 1.43 bits per heavy atom. The zero-order valence-electron chi connectivity index (χ0n) is 23.8. The lowest BCUT2D eigenvalue weighted by molar-refractivity contribution is 0.464. The number of nitrogens with zero attached hydrogens (tertiary/aromatic N) is 1. The molecule has 6 aromatic rings. The van der Waals surface area contributed by atoms with E-state index in [4.69, 9.17) is 9.47 Å². The highest BCUT2D eigenvalue weighted by Gasteiger charge is 2.40. The van der Waals surface area contributed by atoms with Gasteiger partial charge in [0.15, 0.2) is 0 Å². The lowest BCUT2D eigenvalue weighted by atomic mass is 9.35. The van der Waals surface area contributed by atoms with E-state index < -0.39 is 0 Å². The van der Waals surface area contributed by atoms with Crippen molar-refractivity contribution in [3.63, 3.8) is 0 Å². The maximum absolute atomic E-state index is 6.70. The van der Waals surface area contributed by atoms with E-state index in [9.17, 15) is 0 Å². The molecule has 0 saturated carbocycles. The highest BCUT2D eigenvalue weighted by Crippen LogP contribution is 2.40. The molecular formula is C36H30BNO2. The van der Waals surface area contributed by atoms with E-state index >= 15 is 0 Å². The second-order valence-corrected chi connectivity index (χ2v) is 11.8. The normalized spacial score (nSPS) is 13.1. The van der Waals surface area contributed by atoms with E-state index in [0.29, 0.717) is 0 Å². The average Bonchev–Trinajstić information content (AvgIpc) is 3.20. The molecule has 194 valence electrons. The van der Waals surface area contributed by atoms with Gasteiger partial charge in [-0.1, -0.05) is 24.3 Å². The Kier molecular flexibility index (Phi) is 4.72. The largest absolute Gasteiger partial charge is 0.458 e. The van der Waals surface area contributed by atoms with Crippen molar-refractivity contribution in [1.29, 1.82) is 0 Å². The number of aryl methyl sites for hydroxylation is 6. The van der Waals surface area contributed by atoms with Crippen LogP contribution in [0.4, 0.5) is 0 Å². The van der Waals surface area contributed by atoms with Crippen molar-refractivity contribution in [2.75, 3.05) is 0 Å². The molecule has 3 heterocycles. The van der Waals surface area contributed by atoms with Gasteiger partial charge in [-0.2, -0.15) is 0 Å². The number of hydrogen-bond acceptors (Lipinski definition) is 2. The van der Waals surface area contributed by atoms with Gasteiger partial charge in [-0.15, -0.1) is 0 Å². The lowest BCUT2D eigenvalue weighted by Gasteiger charge is -2.33. The molecule has 2 aliphatic heterocycles. The Labute approximate surface area is 235 Å². The first-order chi connectivity index (χ1) is 19.3. The van der Waals surface area contributed by atoms with Gasteiger partial charge in [0.05, 0.1) is 16.7 Å². The Bertz CT molecular complexity index is 1940. The molecule has 0 unspecified atom stereocenters. The van der Waals surface area contributed by atoms with Crippen LogP contribution >= 0.6 is 0 Å². The molecule has 0 spiro atoms. The van der Waals surface area contributed by atoms with Crippen LogP contribution in [0.25, 0.3) is 27.5 Å². The van der Waals surface area contributed by atoms with Gasteiger partial charge in [0, 0.05) is 28.4 Å². The molecule has 40 heavy (non-hydrogen) atoms. The number of rotatable bonds is 1. The molecule has 1 aromatic heterocycles. The molecular weight excluding hydrogens is 489 g/mol. The van der Waals surface area contributed by atoms with Gasteiger partial charge in [0.25, 0.3) is 6.71 Å². The Morgan fingerprint density at radius 1 is 0.500 bits per heavy atom. The zero-order valence-corrected chi connectivity index (χ0v) is 23.8. The topological polar surface area (TPSA) is 23.4 Å². The predicted molar refractivity (Wildman–Crippen MR) is 167 cm³/mol. The van der Waals surface area contributed by atoms with Crippen LogP contribution in [-0.4, -0.2) is 11.3 Å². The van der Waals surface area contributed by atoms with Crippen LogP contribution in [-0.2, 0) is 0 Å². The summed E-state index contributed by atoms with van der Waals surface area (Å²) in [5.74, 6) is 3.58. The summed E-state index contributed by atoms with van der Waals surface area (Å²) in [5.41, 5.74) is 14.5. The summed E-state index contributed by atoms with van der Waals surface area (Å²) in [5, 5.41) is 2.54. The molecule has 0 aliphatic carbocycles. The third-order valence-corrected chi connectivity index (χ3v) is 9.03. The molecule has 3 nitrogen and oxygen atoms in total. The van der Waals surface area contributed by atoms with Gasteiger partial charge in [-0.05, 0) is 122 Å². The summed E-state index contributed by atoms with van der Waals surface area (Å²) in [6.45, 7) is 13.1. The summed E-state index contributed by atoms with van der Waals surface area (Å²) in [6.07, 6.45) is 0. The summed E-state index contributed by atoms with van der Waals surface area (Å²) < 4.78 is 15.8. The Hall–Kier alpha value is -4.44. The molecule has 0 bridgehead atoms. The second-order valence-electron chi connectivity index (χ2n) is 11.8. The summed E-state index contributed by atoms with van der Waals surface area (Å²) >= 11 is 0. The maximum Gasteiger partial charge on any atom is 0.260 e. The summed E-state index contributed by atoms with van der Waals surface area (Å²) in [6, 6.07) is 26.8. The van der Waals surface area contributed by atoms with E-state index in [2.05, 4.69) is 119 Å². The van der Waals surface area contributed by atoms with Crippen LogP contribution in [0.2, 0.25) is 0 Å². The Balaban J connectivity index is 1.45. The predicted octanol–water partition coefficient (Wildman–Crippen LogP) is 7.36. The van der Waals surface area contributed by atoms with Gasteiger partial charge >= 0.3 is 0 Å². The van der Waals surface area contributed by atoms with Crippen molar-refractivity contribution in [2.45, 2.75) is 41.5 Å². The van der Waals surface area contributed by atoms with E-state index in [-0.39, 0.29) is 6.71 Å². The van der Waals surface area contributed by atoms with Crippen molar-refractivity contribution < 1.29 is 9.47 Å². The first-order valence-corrected chi connectivity index (χ1v) is 14.0. The first kappa shape index (κ1) is 23.5. The molecule has 2 aliphatic rings. The molecule has 0 saturated heterocycles. The zero-order chi connectivity index (χ0) is 27.4. The van der Waals surface area contributed by atoms with Crippen molar-refractivity contribution >= 4 is 44.9 Å². The second kappa shape index (κ2) is 8.05. The van der Waals surface area contributed by atoms with Gasteiger partial charge in [0.2, 0.25) is 0 Å². The molecule has 4 heteroatoms. The minimum Gasteiger partial charge on any atom is -0.458 e. The summed E-state index contributed by atoms with van der Waals surface area (Å²) in [4.78, 5) is 0. The number of benzene rings is 5. The molecule has 0 radical (unpaired) electrons. The number of fused-ring (bicyclic) bond motifs is 7. The quantitative estimate of drug-likeness (QED) is 0.212. The summed E-state index contributed by atoms with van der Waals surface area (Å²) in [7, 11) is 0. The molecule has 8 rings (SSSR count). The van der Waals surface area contributed by atoms with Gasteiger partial charge in [0.1, 0.15) is 23.0 Å². The van der Waals surface area contributed by atoms with Crippen LogP contribution in [0.3, 0.4) is 0 Å². The number of hydrogen-bond donors (Lipinski definition) is 0. The van der Waals surface area contributed by atoms with E-state index in [1.165, 1.54) is 66.1 Å². The SMILES string of the molecule is Cc1ccc2c(c1)Oc1cc(-n3c4cc(C)c(C)cc4c4cc(C)c(C)cc43)cc3c1B2c1ccc(C)cc1O3. The lowest BCUT2D eigenvalue weighted by Crippen LogP contribution is -2.57. The van der Waals surface area contributed by atoms with E-state index in [1.807, 2.05) is 0 Å². The number of aromatic nitrogens is 1. The molecule has 5 aromatic carbocycles. The third-order valence-electron chi connectivity index (χ3n) is 9.03. The monoisotopic (exact) mass is 519 g/mol. The highest BCUT2D eigenvalue weighted by atomic mass is 16.5. The van der Waals surface area contributed by atoms with Gasteiger partial charge in [-0.3, -0.25) is 0 Å². The van der Waals surface area contributed by atoms with Gasteiger partial charge in [-0.25, -0.2) is 0 Å². The molecule has 0 N–H and O–H groups in total. The van der Waals surface area contributed by atoms with Gasteiger partial charge < -0.3 is 14.0 Å².